The van der Waals surface area contributed by atoms with Gasteiger partial charge in [-0.3, -0.25) is 0 Å². The molecule has 0 aliphatic carbocycles. The van der Waals surface area contributed by atoms with E-state index in [1.807, 2.05) is 84.9 Å². The van der Waals surface area contributed by atoms with Crippen molar-refractivity contribution in [1.82, 2.24) is 9.13 Å². The summed E-state index contributed by atoms with van der Waals surface area (Å²) < 4.78 is 4.42. The maximum Gasteiger partial charge on any atom is 0.101 e. The van der Waals surface area contributed by atoms with Gasteiger partial charge in [0.05, 0.1) is 62.3 Å². The van der Waals surface area contributed by atoms with Gasteiger partial charge in [0, 0.05) is 27.1 Å². The van der Waals surface area contributed by atoms with E-state index in [-0.39, 0.29) is 0 Å². The topological polar surface area (TPSA) is 81.2 Å². The van der Waals surface area contributed by atoms with Gasteiger partial charge in [-0.1, -0.05) is 84.9 Å². The van der Waals surface area contributed by atoms with Gasteiger partial charge in [0.2, 0.25) is 0 Å². The molecule has 0 fully saturated rings. The van der Waals surface area contributed by atoms with Gasteiger partial charge in [0.15, 0.2) is 0 Å². The summed E-state index contributed by atoms with van der Waals surface area (Å²) in [6.07, 6.45) is 0. The first-order chi connectivity index (χ1) is 24.7. The van der Waals surface area contributed by atoms with Crippen LogP contribution >= 0.6 is 0 Å². The van der Waals surface area contributed by atoms with E-state index in [9.17, 15) is 15.8 Å². The molecule has 0 N–H and O–H groups in total. The largest absolute Gasteiger partial charge is 0.309 e. The summed E-state index contributed by atoms with van der Waals surface area (Å²) in [6, 6.07) is 57.8. The number of rotatable bonds is 4. The third-order valence-electron chi connectivity index (χ3n) is 9.64. The lowest BCUT2D eigenvalue weighted by Crippen LogP contribution is -2.00. The number of aromatic nitrogens is 2. The van der Waals surface area contributed by atoms with Crippen molar-refractivity contribution in [2.75, 3.05) is 0 Å². The minimum Gasteiger partial charge on any atom is -0.309 e. The first kappa shape index (κ1) is 28.8. The first-order valence-corrected chi connectivity index (χ1v) is 16.3. The van der Waals surface area contributed by atoms with E-state index >= 15 is 0 Å². The molecule has 0 spiro atoms. The second kappa shape index (κ2) is 11.4. The van der Waals surface area contributed by atoms with Gasteiger partial charge >= 0.3 is 0 Å². The summed E-state index contributed by atoms with van der Waals surface area (Å²) in [5.41, 5.74) is 11.2. The normalized spacial score (nSPS) is 11.1. The van der Waals surface area contributed by atoms with Crippen molar-refractivity contribution in [3.8, 4) is 51.8 Å². The molecule has 2 heterocycles. The maximum atomic E-state index is 10.4. The molecule has 0 saturated carbocycles. The lowest BCUT2D eigenvalue weighted by Gasteiger charge is -2.18. The fourth-order valence-corrected chi connectivity index (χ4v) is 7.45. The van der Waals surface area contributed by atoms with Crippen molar-refractivity contribution in [3.63, 3.8) is 0 Å². The Morgan fingerprint density at radius 1 is 0.360 bits per heavy atom. The van der Waals surface area contributed by atoms with Gasteiger partial charge in [-0.05, 0) is 83.4 Å². The van der Waals surface area contributed by atoms with Crippen LogP contribution in [0.15, 0.2) is 152 Å². The summed E-state index contributed by atoms with van der Waals surface area (Å²) in [7, 11) is 0. The molecule has 0 aliphatic rings. The molecule has 9 aromatic rings. The molecule has 50 heavy (non-hydrogen) atoms. The van der Waals surface area contributed by atoms with Crippen LogP contribution in [0.3, 0.4) is 0 Å². The molecule has 0 aliphatic heterocycles. The van der Waals surface area contributed by atoms with Crippen molar-refractivity contribution in [2.24, 2.45) is 0 Å². The smallest absolute Gasteiger partial charge is 0.101 e. The Labute approximate surface area is 287 Å². The zero-order valence-corrected chi connectivity index (χ0v) is 26.7. The van der Waals surface area contributed by atoms with Crippen LogP contribution in [0.5, 0.6) is 0 Å². The Kier molecular flexibility index (Phi) is 6.56. The zero-order chi connectivity index (χ0) is 33.8. The van der Waals surface area contributed by atoms with Crippen LogP contribution in [-0.2, 0) is 0 Å². The Morgan fingerprint density at radius 3 is 1.56 bits per heavy atom. The Balaban J connectivity index is 1.31. The number of benzene rings is 7. The molecule has 230 valence electrons. The molecule has 0 bridgehead atoms. The quantitative estimate of drug-likeness (QED) is 0.193. The summed E-state index contributed by atoms with van der Waals surface area (Å²) in [4.78, 5) is 0. The van der Waals surface area contributed by atoms with E-state index in [0.717, 1.165) is 66.5 Å². The second-order valence-electron chi connectivity index (χ2n) is 12.3. The van der Waals surface area contributed by atoms with E-state index in [4.69, 9.17) is 0 Å². The number of nitrogens with zero attached hydrogens (tertiary/aromatic N) is 5. The average molecular weight is 636 g/mol. The van der Waals surface area contributed by atoms with Crippen LogP contribution < -0.4 is 0 Å². The maximum absolute atomic E-state index is 10.4. The lowest BCUT2D eigenvalue weighted by atomic mass is 9.91. The molecule has 5 nitrogen and oxygen atoms in total. The minimum absolute atomic E-state index is 0.518. The average Bonchev–Trinajstić information content (AvgIpc) is 3.70. The van der Waals surface area contributed by atoms with E-state index < -0.39 is 0 Å². The molecule has 0 atom stereocenters. The summed E-state index contributed by atoms with van der Waals surface area (Å²) in [6.45, 7) is 0. The Morgan fingerprint density at radius 2 is 0.900 bits per heavy atom. The molecule has 0 radical (unpaired) electrons. The van der Waals surface area contributed by atoms with E-state index in [1.54, 1.807) is 0 Å². The molecule has 7 aromatic carbocycles. The lowest BCUT2D eigenvalue weighted by molar-refractivity contribution is 1.17. The molecular weight excluding hydrogens is 611 g/mol. The van der Waals surface area contributed by atoms with Crippen molar-refractivity contribution >= 4 is 43.6 Å². The third-order valence-corrected chi connectivity index (χ3v) is 9.64. The van der Waals surface area contributed by atoms with Crippen LogP contribution in [0.1, 0.15) is 16.7 Å². The molecule has 0 saturated heterocycles. The van der Waals surface area contributed by atoms with Crippen LogP contribution in [0.2, 0.25) is 0 Å². The third kappa shape index (κ3) is 4.31. The van der Waals surface area contributed by atoms with Gasteiger partial charge in [0.25, 0.3) is 0 Å². The van der Waals surface area contributed by atoms with Gasteiger partial charge in [-0.25, -0.2) is 0 Å². The number of hydrogen-bond donors (Lipinski definition) is 0. The van der Waals surface area contributed by atoms with Gasteiger partial charge in [0.1, 0.15) is 6.07 Å². The predicted octanol–water partition coefficient (Wildman–Crippen LogP) is 10.8. The first-order valence-electron chi connectivity index (χ1n) is 16.3. The summed E-state index contributed by atoms with van der Waals surface area (Å²) >= 11 is 0. The SMILES string of the molecule is N#Cc1ccc(-c2ccccc2-n2c3ccccc3c3ccccc32)c(-c2ccc(C#N)c(-n3c4ccccc4c4cc(C#N)ccc43)c2)c1. The highest BCUT2D eigenvalue weighted by Gasteiger charge is 2.20. The highest BCUT2D eigenvalue weighted by atomic mass is 15.0. The molecule has 0 unspecified atom stereocenters. The molecular formula is C45H25N5. The van der Waals surface area contributed by atoms with Gasteiger partial charge in [-0.15, -0.1) is 0 Å². The Bertz CT molecular complexity index is 2920. The number of hydrogen-bond acceptors (Lipinski definition) is 3. The number of fused-ring (bicyclic) bond motifs is 6. The van der Waals surface area contributed by atoms with Crippen molar-refractivity contribution in [3.05, 3.63) is 168 Å². The van der Waals surface area contributed by atoms with E-state index in [1.165, 1.54) is 10.8 Å². The van der Waals surface area contributed by atoms with Crippen molar-refractivity contribution in [1.29, 1.82) is 15.8 Å². The van der Waals surface area contributed by atoms with Crippen LogP contribution in [0.25, 0.3) is 77.2 Å². The molecule has 9 rings (SSSR count). The highest BCUT2D eigenvalue weighted by Crippen LogP contribution is 2.41. The number of para-hydroxylation sites is 4. The highest BCUT2D eigenvalue weighted by molar-refractivity contribution is 6.11. The molecule has 2 aromatic heterocycles. The molecule has 0 amide bonds. The predicted molar refractivity (Wildman–Crippen MR) is 200 cm³/mol. The van der Waals surface area contributed by atoms with Crippen molar-refractivity contribution in [2.45, 2.75) is 0 Å². The fraction of sp³-hybridized carbons (Fsp3) is 0. The van der Waals surface area contributed by atoms with Gasteiger partial charge < -0.3 is 9.13 Å². The van der Waals surface area contributed by atoms with E-state index in [0.29, 0.717) is 16.7 Å². The van der Waals surface area contributed by atoms with Crippen LogP contribution in [0, 0.1) is 34.0 Å². The van der Waals surface area contributed by atoms with Crippen LogP contribution in [0.4, 0.5) is 0 Å². The Hall–Kier alpha value is -7.39. The standard InChI is InChI=1S/C45H25N5/c46-26-29-17-21-33(34-9-1-5-13-40(34)49-41-14-6-2-10-35(41)36-11-3-7-15-42(36)49)38(23-29)31-19-20-32(28-48)45(25-31)50-43-16-8-4-12-37(43)39-24-30(27-47)18-22-44(39)50/h1-25H. The number of nitriles is 3. The summed E-state index contributed by atoms with van der Waals surface area (Å²) in [5.74, 6) is 0. The molecule has 5 heteroatoms. The van der Waals surface area contributed by atoms with Crippen molar-refractivity contribution < 1.29 is 0 Å². The second-order valence-corrected chi connectivity index (χ2v) is 12.3. The monoisotopic (exact) mass is 635 g/mol. The zero-order valence-electron chi connectivity index (χ0n) is 26.7. The van der Waals surface area contributed by atoms with Crippen LogP contribution in [-0.4, -0.2) is 9.13 Å². The van der Waals surface area contributed by atoms with E-state index in [2.05, 4.69) is 94.1 Å². The minimum atomic E-state index is 0.518. The summed E-state index contributed by atoms with van der Waals surface area (Å²) in [5, 5.41) is 34.4. The fourth-order valence-electron chi connectivity index (χ4n) is 7.45. The van der Waals surface area contributed by atoms with Gasteiger partial charge in [-0.2, -0.15) is 15.8 Å².